The minimum Gasteiger partial charge on any atom is -0.465 e. The molecule has 3 atom stereocenters. The van der Waals surface area contributed by atoms with Crippen molar-refractivity contribution in [3.8, 4) is 0 Å². The van der Waals surface area contributed by atoms with Gasteiger partial charge >= 0.3 is 12.3 Å². The minimum absolute atomic E-state index is 0.00127. The molecule has 7 heteroatoms. The lowest BCUT2D eigenvalue weighted by Crippen LogP contribution is -2.59. The van der Waals surface area contributed by atoms with E-state index in [0.29, 0.717) is 12.8 Å². The second-order valence-electron chi connectivity index (χ2n) is 8.55. The van der Waals surface area contributed by atoms with Crippen molar-refractivity contribution in [2.24, 2.45) is 0 Å². The molecule has 1 aromatic carbocycles. The normalized spacial score (nSPS) is 24.1. The van der Waals surface area contributed by atoms with Crippen molar-refractivity contribution in [3.05, 3.63) is 35.4 Å². The molecule has 0 spiro atoms. The highest BCUT2D eigenvalue weighted by atomic mass is 19.4. The fourth-order valence-corrected chi connectivity index (χ4v) is 4.16. The van der Waals surface area contributed by atoms with Crippen LogP contribution in [0.3, 0.4) is 0 Å². The summed E-state index contributed by atoms with van der Waals surface area (Å²) >= 11 is 0. The van der Waals surface area contributed by atoms with E-state index in [0.717, 1.165) is 24.1 Å². The zero-order valence-electron chi connectivity index (χ0n) is 16.5. The van der Waals surface area contributed by atoms with E-state index in [4.69, 9.17) is 0 Å². The van der Waals surface area contributed by atoms with Gasteiger partial charge in [0.1, 0.15) is 0 Å². The van der Waals surface area contributed by atoms with Crippen molar-refractivity contribution in [1.29, 1.82) is 0 Å². The Bertz CT molecular complexity index is 651. The third-order valence-corrected chi connectivity index (χ3v) is 5.41. The van der Waals surface area contributed by atoms with Crippen LogP contribution in [0.2, 0.25) is 0 Å². The first-order chi connectivity index (χ1) is 12.3. The lowest BCUT2D eigenvalue weighted by atomic mass is 9.76. The Morgan fingerprint density at radius 3 is 2.00 bits per heavy atom. The van der Waals surface area contributed by atoms with E-state index < -0.39 is 23.4 Å². The van der Waals surface area contributed by atoms with E-state index in [9.17, 15) is 23.1 Å². The first-order valence-corrected chi connectivity index (χ1v) is 9.18. The van der Waals surface area contributed by atoms with Crippen LogP contribution in [0, 0.1) is 0 Å². The number of alkyl halides is 3. The van der Waals surface area contributed by atoms with Gasteiger partial charge in [0.25, 0.3) is 0 Å². The SMILES string of the molecule is CN(C)[C@H]1C[C@@H](c2ccc(C(F)(F)F)cc2)CC[C@@H]1N(C(=O)O)C(C)(C)C. The molecule has 0 aliphatic heterocycles. The summed E-state index contributed by atoms with van der Waals surface area (Å²) in [7, 11) is 3.85. The second-order valence-corrected chi connectivity index (χ2v) is 8.55. The molecule has 1 aromatic rings. The standard InChI is InChI=1S/C20H29F3N2O2/c1-19(2,3)25(18(26)27)16-11-8-14(12-17(16)24(4)5)13-6-9-15(10-7-13)20(21,22)23/h6-7,9-10,14,16-17H,8,11-12H2,1-5H3,(H,26,27)/t14-,16-,17-/m0/s1. The Balaban J connectivity index is 2.24. The topological polar surface area (TPSA) is 43.8 Å². The third kappa shape index (κ3) is 4.94. The molecular formula is C20H29F3N2O2. The minimum atomic E-state index is -4.34. The summed E-state index contributed by atoms with van der Waals surface area (Å²) in [5, 5.41) is 9.75. The van der Waals surface area contributed by atoms with Crippen molar-refractivity contribution in [3.63, 3.8) is 0 Å². The predicted octanol–water partition coefficient (Wildman–Crippen LogP) is 5.05. The Morgan fingerprint density at radius 1 is 1.04 bits per heavy atom. The van der Waals surface area contributed by atoms with Gasteiger partial charge in [-0.2, -0.15) is 13.2 Å². The number of rotatable bonds is 3. The molecule has 0 heterocycles. The summed E-state index contributed by atoms with van der Waals surface area (Å²) in [6, 6.07) is 5.22. The Morgan fingerprint density at radius 2 is 1.59 bits per heavy atom. The van der Waals surface area contributed by atoms with E-state index in [1.165, 1.54) is 4.90 Å². The Hall–Kier alpha value is -1.76. The van der Waals surface area contributed by atoms with Crippen LogP contribution in [0.1, 0.15) is 57.1 Å². The summed E-state index contributed by atoms with van der Waals surface area (Å²) in [5.74, 6) is 0.117. The van der Waals surface area contributed by atoms with Crippen LogP contribution in [-0.4, -0.2) is 52.7 Å². The van der Waals surface area contributed by atoms with Crippen LogP contribution in [0.15, 0.2) is 24.3 Å². The van der Waals surface area contributed by atoms with Crippen LogP contribution in [0.25, 0.3) is 0 Å². The monoisotopic (exact) mass is 386 g/mol. The third-order valence-electron chi connectivity index (χ3n) is 5.41. The van der Waals surface area contributed by atoms with Gasteiger partial charge in [-0.3, -0.25) is 4.90 Å². The highest BCUT2D eigenvalue weighted by Gasteiger charge is 2.42. The highest BCUT2D eigenvalue weighted by molar-refractivity contribution is 5.66. The fraction of sp³-hybridized carbons (Fsp3) is 0.650. The average Bonchev–Trinajstić information content (AvgIpc) is 2.52. The fourth-order valence-electron chi connectivity index (χ4n) is 4.16. The van der Waals surface area contributed by atoms with Gasteiger partial charge in [-0.25, -0.2) is 4.79 Å². The Kier molecular flexibility index (Phi) is 6.14. The number of amides is 1. The van der Waals surface area contributed by atoms with Crippen molar-refractivity contribution >= 4 is 6.09 Å². The maximum absolute atomic E-state index is 12.8. The Labute approximate surface area is 159 Å². The van der Waals surface area contributed by atoms with Crippen molar-refractivity contribution < 1.29 is 23.1 Å². The van der Waals surface area contributed by atoms with E-state index >= 15 is 0 Å². The number of benzene rings is 1. The largest absolute Gasteiger partial charge is 0.465 e. The zero-order valence-corrected chi connectivity index (χ0v) is 16.5. The van der Waals surface area contributed by atoms with Gasteiger partial charge in [0.05, 0.1) is 11.6 Å². The molecule has 1 N–H and O–H groups in total. The van der Waals surface area contributed by atoms with E-state index in [-0.39, 0.29) is 18.0 Å². The molecular weight excluding hydrogens is 357 g/mol. The summed E-state index contributed by atoms with van der Waals surface area (Å²) in [5.41, 5.74) is -0.286. The van der Waals surface area contributed by atoms with Gasteiger partial charge in [0, 0.05) is 11.6 Å². The van der Waals surface area contributed by atoms with Crippen LogP contribution in [-0.2, 0) is 6.18 Å². The van der Waals surface area contributed by atoms with Crippen LogP contribution >= 0.6 is 0 Å². The van der Waals surface area contributed by atoms with Gasteiger partial charge in [0.2, 0.25) is 0 Å². The van der Waals surface area contributed by atoms with Gasteiger partial charge in [-0.05, 0) is 77.7 Å². The molecule has 27 heavy (non-hydrogen) atoms. The number of carboxylic acid groups (broad SMARTS) is 1. The smallest absolute Gasteiger partial charge is 0.416 e. The highest BCUT2D eigenvalue weighted by Crippen LogP contribution is 2.39. The number of hydrogen-bond donors (Lipinski definition) is 1. The molecule has 1 aliphatic rings. The van der Waals surface area contributed by atoms with Gasteiger partial charge in [-0.1, -0.05) is 12.1 Å². The summed E-state index contributed by atoms with van der Waals surface area (Å²) < 4.78 is 38.4. The summed E-state index contributed by atoms with van der Waals surface area (Å²) in [6.45, 7) is 5.65. The van der Waals surface area contributed by atoms with Crippen LogP contribution in [0.4, 0.5) is 18.0 Å². The van der Waals surface area contributed by atoms with E-state index in [2.05, 4.69) is 0 Å². The van der Waals surface area contributed by atoms with Crippen molar-refractivity contribution in [1.82, 2.24) is 9.80 Å². The van der Waals surface area contributed by atoms with Gasteiger partial charge in [0.15, 0.2) is 0 Å². The van der Waals surface area contributed by atoms with E-state index in [1.54, 1.807) is 12.1 Å². The lowest BCUT2D eigenvalue weighted by molar-refractivity contribution is -0.137. The molecule has 0 saturated heterocycles. The molecule has 0 unspecified atom stereocenters. The molecule has 4 nitrogen and oxygen atoms in total. The predicted molar refractivity (Wildman–Crippen MR) is 98.9 cm³/mol. The zero-order chi connectivity index (χ0) is 20.6. The molecule has 152 valence electrons. The molecule has 0 aromatic heterocycles. The van der Waals surface area contributed by atoms with Crippen LogP contribution in [0.5, 0.6) is 0 Å². The molecule has 2 rings (SSSR count). The maximum Gasteiger partial charge on any atom is 0.416 e. The van der Waals surface area contributed by atoms with Gasteiger partial charge < -0.3 is 10.0 Å². The van der Waals surface area contributed by atoms with Crippen LogP contribution < -0.4 is 0 Å². The van der Waals surface area contributed by atoms with Crippen molar-refractivity contribution in [2.75, 3.05) is 14.1 Å². The van der Waals surface area contributed by atoms with Crippen molar-refractivity contribution in [2.45, 2.75) is 69.8 Å². The second kappa shape index (κ2) is 7.70. The summed E-state index contributed by atoms with van der Waals surface area (Å²) in [4.78, 5) is 15.5. The molecule has 1 saturated carbocycles. The van der Waals surface area contributed by atoms with E-state index in [1.807, 2.05) is 39.8 Å². The molecule has 1 fully saturated rings. The quantitative estimate of drug-likeness (QED) is 0.791. The number of nitrogens with zero attached hydrogens (tertiary/aromatic N) is 2. The number of hydrogen-bond acceptors (Lipinski definition) is 2. The molecule has 0 radical (unpaired) electrons. The van der Waals surface area contributed by atoms with Gasteiger partial charge in [-0.15, -0.1) is 0 Å². The number of halogens is 3. The first-order valence-electron chi connectivity index (χ1n) is 9.18. The maximum atomic E-state index is 12.8. The number of likely N-dealkylation sites (N-methyl/N-ethyl adjacent to an activating group) is 1. The molecule has 1 amide bonds. The first kappa shape index (κ1) is 21.5. The average molecular weight is 386 g/mol. The summed E-state index contributed by atoms with van der Waals surface area (Å²) in [6.07, 6.45) is -3.13. The lowest BCUT2D eigenvalue weighted by Gasteiger charge is -2.48. The number of carbonyl (C=O) groups is 1. The molecule has 0 bridgehead atoms. The molecule has 1 aliphatic carbocycles.